The van der Waals surface area contributed by atoms with Crippen molar-refractivity contribution in [2.24, 2.45) is 0 Å². The molecule has 0 heterocycles. The third-order valence-electron chi connectivity index (χ3n) is 10.7. The number of hydrogen-bond donors (Lipinski definition) is 1. The molecule has 2 aliphatic carbocycles. The minimum absolute atomic E-state index is 0. The van der Waals surface area contributed by atoms with Gasteiger partial charge in [0.2, 0.25) is 0 Å². The van der Waals surface area contributed by atoms with Crippen LogP contribution < -0.4 is 4.18 Å². The minimum atomic E-state index is -6.85. The van der Waals surface area contributed by atoms with E-state index in [1.54, 1.807) is 24.3 Å². The lowest BCUT2D eigenvalue weighted by Gasteiger charge is -2.17. The van der Waals surface area contributed by atoms with Crippen molar-refractivity contribution >= 4 is 52.6 Å². The van der Waals surface area contributed by atoms with Crippen molar-refractivity contribution in [1.82, 2.24) is 0 Å². The Kier molecular flexibility index (Phi) is 20.5. The number of phenolic OH excluding ortho intramolecular Hbond substituents is 1. The second-order valence-corrected chi connectivity index (χ2v) is 20.2. The molecule has 9 nitrogen and oxygen atoms in total. The average molecular weight is 1090 g/mol. The summed E-state index contributed by atoms with van der Waals surface area (Å²) in [5.74, 6) is -0.0765. The largest absolute Gasteiger partial charge is 0.534 e. The third-order valence-corrected chi connectivity index (χ3v) is 14.2. The van der Waals surface area contributed by atoms with Crippen molar-refractivity contribution in [3.05, 3.63) is 202 Å². The molecule has 21 heteroatoms. The molecule has 6 aromatic rings. The molecule has 0 aliphatic heterocycles. The summed E-state index contributed by atoms with van der Waals surface area (Å²) in [6, 6.07) is 50.7. The van der Waals surface area contributed by atoms with Gasteiger partial charge in [-0.05, 0) is 130 Å². The molecule has 0 radical (unpaired) electrons. The van der Waals surface area contributed by atoms with Crippen LogP contribution in [0.1, 0.15) is 92.5 Å². The number of aromatic hydroxyl groups is 1. The first-order valence-corrected chi connectivity index (χ1v) is 25.0. The second kappa shape index (κ2) is 24.5. The maximum atomic E-state index is 12.6. The molecule has 0 atom stereocenters. The molecule has 0 spiro atoms. The Morgan fingerprint density at radius 3 is 1.07 bits per heavy atom. The van der Waals surface area contributed by atoms with E-state index < -0.39 is 46.9 Å². The number of rotatable bonds is 8. The lowest BCUT2D eigenvalue weighted by atomic mass is 9.88. The van der Waals surface area contributed by atoms with Crippen molar-refractivity contribution in [2.75, 3.05) is 0 Å². The summed E-state index contributed by atoms with van der Waals surface area (Å²) in [6.07, 6.45) is 6.05. The van der Waals surface area contributed by atoms with Crippen molar-refractivity contribution in [2.45, 2.75) is 77.3 Å². The molecule has 73 heavy (non-hydrogen) atoms. The van der Waals surface area contributed by atoms with Gasteiger partial charge in [-0.1, -0.05) is 156 Å². The number of aryl methyl sites for hydroxylation is 2. The lowest BCUT2D eigenvalue weighted by Crippen LogP contribution is -2.34. The molecular formula is C52H51F9O9S3. The van der Waals surface area contributed by atoms with E-state index in [-0.39, 0.29) is 28.0 Å². The van der Waals surface area contributed by atoms with Gasteiger partial charge in [-0.25, -0.2) is 0 Å². The van der Waals surface area contributed by atoms with Crippen LogP contribution in [0, 0.1) is 0 Å². The van der Waals surface area contributed by atoms with E-state index in [1.165, 1.54) is 51.1 Å². The fourth-order valence-corrected chi connectivity index (χ4v) is 9.66. The van der Waals surface area contributed by atoms with E-state index in [1.807, 2.05) is 64.3 Å². The molecule has 0 saturated carbocycles. The van der Waals surface area contributed by atoms with Crippen LogP contribution in [-0.4, -0.2) is 46.9 Å². The quantitative estimate of drug-likeness (QED) is 0.0896. The van der Waals surface area contributed by atoms with Gasteiger partial charge in [0.1, 0.15) is 11.5 Å². The van der Waals surface area contributed by atoms with Gasteiger partial charge in [-0.3, -0.25) is 0 Å². The van der Waals surface area contributed by atoms with Gasteiger partial charge in [0.15, 0.2) is 0 Å². The predicted octanol–water partition coefficient (Wildman–Crippen LogP) is 14.5. The van der Waals surface area contributed by atoms with Gasteiger partial charge in [0.25, 0.3) is 0 Å². The molecule has 0 unspecified atom stereocenters. The van der Waals surface area contributed by atoms with Crippen LogP contribution in [0.4, 0.5) is 39.5 Å². The number of hydrogen-bond acceptors (Lipinski definition) is 9. The summed E-state index contributed by atoms with van der Waals surface area (Å²) in [5.41, 5.74) is -3.86. The van der Waals surface area contributed by atoms with Crippen LogP contribution in [0.5, 0.6) is 11.5 Å². The van der Waals surface area contributed by atoms with Crippen LogP contribution in [-0.2, 0) is 46.8 Å². The van der Waals surface area contributed by atoms with Crippen LogP contribution in [0.3, 0.4) is 0 Å². The maximum Gasteiger partial charge on any atom is 0.534 e. The Bertz CT molecular complexity index is 3150. The fraction of sp³-hybridized carbons (Fsp3) is 0.231. The molecule has 0 amide bonds. The summed E-state index contributed by atoms with van der Waals surface area (Å²) in [5, 5.41) is 9.67. The summed E-state index contributed by atoms with van der Waals surface area (Å²) >= 11 is 0. The number of allylic oxidation sites excluding steroid dienone is 2. The topological polar surface area (TPSA) is 141 Å². The number of alkyl halides is 9. The minimum Gasteiger partial charge on any atom is -0.508 e. The number of benzene rings is 6. The lowest BCUT2D eigenvalue weighted by molar-refractivity contribution is -0.0586. The van der Waals surface area contributed by atoms with Crippen LogP contribution in [0.25, 0.3) is 22.3 Å². The van der Waals surface area contributed by atoms with E-state index >= 15 is 0 Å². The monoisotopic (exact) mass is 1090 g/mol. The average Bonchev–Trinajstić information content (AvgIpc) is 3.62. The van der Waals surface area contributed by atoms with Crippen molar-refractivity contribution < 1.29 is 77.7 Å². The zero-order valence-electron chi connectivity index (χ0n) is 36.1. The Labute approximate surface area is 419 Å². The summed E-state index contributed by atoms with van der Waals surface area (Å²) < 4.78 is 175. The van der Waals surface area contributed by atoms with Gasteiger partial charge in [0.05, 0.1) is 0 Å². The van der Waals surface area contributed by atoms with Crippen molar-refractivity contribution in [3.8, 4) is 11.5 Å². The number of fused-ring (bicyclic) bond motifs is 2. The molecule has 2 aliphatic rings. The van der Waals surface area contributed by atoms with E-state index in [0.717, 1.165) is 66.4 Å². The Balaban J connectivity index is 0.000000300. The highest BCUT2D eigenvalue weighted by atomic mass is 32.3. The molecule has 0 aromatic heterocycles. The van der Waals surface area contributed by atoms with Gasteiger partial charge in [0, 0.05) is 0 Å². The number of phenols is 1. The second-order valence-electron chi connectivity index (χ2n) is 15.4. The van der Waals surface area contributed by atoms with Crippen molar-refractivity contribution in [1.29, 1.82) is 0 Å². The number of halogens is 9. The molecule has 0 saturated heterocycles. The van der Waals surface area contributed by atoms with Crippen LogP contribution in [0.2, 0.25) is 0 Å². The van der Waals surface area contributed by atoms with Gasteiger partial charge in [-0.15, -0.1) is 3.63 Å². The van der Waals surface area contributed by atoms with E-state index in [4.69, 9.17) is 0 Å². The summed E-state index contributed by atoms with van der Waals surface area (Å²) in [7, 11) is -19.4. The molecule has 394 valence electrons. The normalized spacial score (nSPS) is 14.0. The maximum absolute atomic E-state index is 12.6. The summed E-state index contributed by atoms with van der Waals surface area (Å²) in [4.78, 5) is 0. The third kappa shape index (κ3) is 14.9. The first-order valence-electron chi connectivity index (χ1n) is 20.8. The summed E-state index contributed by atoms with van der Waals surface area (Å²) in [6.45, 7) is 0. The van der Waals surface area contributed by atoms with Gasteiger partial charge < -0.3 is 9.29 Å². The fourth-order valence-electron chi connectivity index (χ4n) is 7.64. The van der Waals surface area contributed by atoms with Crippen LogP contribution in [0.15, 0.2) is 158 Å². The highest BCUT2D eigenvalue weighted by molar-refractivity contribution is 8.00. The Hall–Kier alpha value is -6.42. The first kappa shape index (κ1) is 60.9. The van der Waals surface area contributed by atoms with Crippen molar-refractivity contribution in [3.63, 3.8) is 0 Å². The molecule has 0 fully saturated rings. The van der Waals surface area contributed by atoms with E-state index in [0.29, 0.717) is 5.75 Å². The molecule has 1 N–H and O–H groups in total. The first-order chi connectivity index (χ1) is 32.8. The molecular weight excluding hydrogens is 1040 g/mol. The Morgan fingerprint density at radius 2 is 0.712 bits per heavy atom. The van der Waals surface area contributed by atoms with Gasteiger partial charge >= 0.3 is 46.9 Å². The highest BCUT2D eigenvalue weighted by Gasteiger charge is 2.57. The smallest absolute Gasteiger partial charge is 0.508 e. The van der Waals surface area contributed by atoms with E-state index in [9.17, 15) is 69.9 Å². The Morgan fingerprint density at radius 1 is 0.384 bits per heavy atom. The SMILES string of the molecule is C.C.C.O=S(=O)(OS(=O)(=O)C(F)(F)F)C(F)(F)F.O=S(=O)(Oc1ccc(C2=C(c3ccccc3)CCCc3ccccc32)cc1)C(F)(F)F.Oc1ccc(C2=C(c3ccccc3)CCCc3ccccc32)cc1. The zero-order valence-corrected chi connectivity index (χ0v) is 38.5. The van der Waals surface area contributed by atoms with E-state index in [2.05, 4.69) is 64.8 Å². The predicted molar refractivity (Wildman–Crippen MR) is 265 cm³/mol. The molecule has 6 aromatic carbocycles. The van der Waals surface area contributed by atoms with Gasteiger partial charge in [-0.2, -0.15) is 64.8 Å². The molecule has 0 bridgehead atoms. The zero-order chi connectivity index (χ0) is 51.1. The van der Waals surface area contributed by atoms with Crippen LogP contribution >= 0.6 is 0 Å². The molecule has 8 rings (SSSR count). The highest BCUT2D eigenvalue weighted by Crippen LogP contribution is 2.42. The standard InChI is InChI=1S/C24H19F3O3S.C23H20O.C2F6O5S2.3CH4/c25-24(26,27)31(28,29)30-20-15-13-19(14-16-20)23-21-11-5-4-9-18(21)10-6-12-22(23)17-7-2-1-3-8-17;24-20-15-13-19(14-16-20)23-21-11-5-4-9-18(21)10-6-12-22(23)17-7-2-1-3-8-17;3-1(4,5)14(9,10)13-15(11,12)2(6,7)8;;;/h1-5,7-9,11,13-16H,6,10,12H2;1-5,7-9,11,13-16,24H,6,10,12H2;;3*1H4.